The van der Waals surface area contributed by atoms with Gasteiger partial charge in [-0.25, -0.2) is 4.31 Å². The lowest BCUT2D eigenvalue weighted by atomic mass is 10.4. The highest BCUT2D eigenvalue weighted by Crippen LogP contribution is 2.19. The van der Waals surface area contributed by atoms with Crippen molar-refractivity contribution in [3.8, 4) is 5.40 Å². The van der Waals surface area contributed by atoms with E-state index in [1.807, 2.05) is 0 Å². The predicted octanol–water partition coefficient (Wildman–Crippen LogP) is 0.265. The molecule has 0 unspecified atom stereocenters. The average Bonchev–Trinajstić information content (AvgIpc) is 2.20. The summed E-state index contributed by atoms with van der Waals surface area (Å²) in [7, 11) is 0. The lowest BCUT2D eigenvalue weighted by Crippen LogP contribution is -2.20. The predicted molar refractivity (Wildman–Crippen MR) is 34.3 cm³/mol. The Balaban J connectivity index is 2.65. The van der Waals surface area contributed by atoms with E-state index < -0.39 is 0 Å². The molecule has 0 aromatic heterocycles. The van der Waals surface area contributed by atoms with E-state index in [1.54, 1.807) is 5.40 Å². The standard InChI is InChI=1S/C5H4N2O2S/c6-3-10-7-4(8)1-2-5(7)9/h1-2H2. The van der Waals surface area contributed by atoms with Crippen molar-refractivity contribution in [3.63, 3.8) is 0 Å². The Morgan fingerprint density at radius 2 is 1.90 bits per heavy atom. The molecule has 5 heteroatoms. The number of carbonyl (C=O) groups is 2. The van der Waals surface area contributed by atoms with E-state index in [0.717, 1.165) is 4.31 Å². The van der Waals surface area contributed by atoms with Crippen molar-refractivity contribution in [3.05, 3.63) is 0 Å². The fraction of sp³-hybridized carbons (Fsp3) is 0.400. The minimum atomic E-state index is -0.267. The van der Waals surface area contributed by atoms with Crippen LogP contribution in [-0.4, -0.2) is 16.1 Å². The average molecular weight is 156 g/mol. The normalized spacial score (nSPS) is 17.7. The van der Waals surface area contributed by atoms with Crippen LogP contribution in [0.4, 0.5) is 0 Å². The molecule has 52 valence electrons. The Morgan fingerprint density at radius 3 is 2.30 bits per heavy atom. The molecular formula is C5H4N2O2S. The second-order valence-corrected chi connectivity index (χ2v) is 2.49. The van der Waals surface area contributed by atoms with Crippen LogP contribution in [0.2, 0.25) is 0 Å². The van der Waals surface area contributed by atoms with E-state index in [2.05, 4.69) is 0 Å². The van der Waals surface area contributed by atoms with Gasteiger partial charge in [0.05, 0.1) is 11.9 Å². The molecule has 1 saturated heterocycles. The Morgan fingerprint density at radius 1 is 1.40 bits per heavy atom. The van der Waals surface area contributed by atoms with E-state index >= 15 is 0 Å². The molecule has 1 aliphatic heterocycles. The molecule has 0 radical (unpaired) electrons. The summed E-state index contributed by atoms with van der Waals surface area (Å²) in [5, 5.41) is 9.80. The van der Waals surface area contributed by atoms with Gasteiger partial charge in [0.2, 0.25) is 11.8 Å². The van der Waals surface area contributed by atoms with Crippen LogP contribution in [0.25, 0.3) is 0 Å². The van der Waals surface area contributed by atoms with Crippen molar-refractivity contribution in [1.82, 2.24) is 4.31 Å². The van der Waals surface area contributed by atoms with Crippen molar-refractivity contribution in [1.29, 1.82) is 5.26 Å². The molecule has 0 aliphatic carbocycles. The first kappa shape index (κ1) is 7.09. The van der Waals surface area contributed by atoms with Crippen molar-refractivity contribution >= 4 is 23.8 Å². The molecular weight excluding hydrogens is 152 g/mol. The number of imide groups is 1. The first-order chi connectivity index (χ1) is 4.75. The van der Waals surface area contributed by atoms with Gasteiger partial charge in [-0.3, -0.25) is 9.59 Å². The molecule has 4 nitrogen and oxygen atoms in total. The molecule has 1 rings (SSSR count). The van der Waals surface area contributed by atoms with Gasteiger partial charge in [-0.15, -0.1) is 0 Å². The zero-order valence-electron chi connectivity index (χ0n) is 5.03. The van der Waals surface area contributed by atoms with Gasteiger partial charge in [-0.05, 0) is 0 Å². The Bertz CT molecular complexity index is 204. The molecule has 0 atom stereocenters. The van der Waals surface area contributed by atoms with Gasteiger partial charge in [-0.1, -0.05) is 0 Å². The lowest BCUT2D eigenvalue weighted by molar-refractivity contribution is -0.131. The smallest absolute Gasteiger partial charge is 0.240 e. The van der Waals surface area contributed by atoms with E-state index in [9.17, 15) is 9.59 Å². The fourth-order valence-electron chi connectivity index (χ4n) is 0.699. The fourth-order valence-corrected chi connectivity index (χ4v) is 1.17. The summed E-state index contributed by atoms with van der Waals surface area (Å²) in [5.74, 6) is -0.534. The molecule has 0 spiro atoms. The number of hydrogen-bond donors (Lipinski definition) is 0. The molecule has 0 bridgehead atoms. The summed E-state index contributed by atoms with van der Waals surface area (Å²) in [6.45, 7) is 0. The minimum absolute atomic E-state index is 0.244. The van der Waals surface area contributed by atoms with E-state index in [1.165, 1.54) is 0 Å². The maximum absolute atomic E-state index is 10.7. The second kappa shape index (κ2) is 2.71. The largest absolute Gasteiger partial charge is 0.273 e. The van der Waals surface area contributed by atoms with Crippen LogP contribution >= 0.6 is 11.9 Å². The summed E-state index contributed by atoms with van der Waals surface area (Å²) in [5.41, 5.74) is 0. The number of rotatable bonds is 1. The highest BCUT2D eigenvalue weighted by atomic mass is 32.2. The monoisotopic (exact) mass is 156 g/mol. The zero-order valence-corrected chi connectivity index (χ0v) is 5.85. The lowest BCUT2D eigenvalue weighted by Gasteiger charge is -2.03. The zero-order chi connectivity index (χ0) is 7.56. The summed E-state index contributed by atoms with van der Waals surface area (Å²) in [6.07, 6.45) is 0.487. The van der Waals surface area contributed by atoms with Crippen molar-refractivity contribution in [2.75, 3.05) is 0 Å². The number of nitriles is 1. The Hall–Kier alpha value is -1.02. The van der Waals surface area contributed by atoms with Crippen LogP contribution in [-0.2, 0) is 9.59 Å². The summed E-state index contributed by atoms with van der Waals surface area (Å²) in [6, 6.07) is 0. The first-order valence-electron chi connectivity index (χ1n) is 2.67. The van der Waals surface area contributed by atoms with Gasteiger partial charge in [0.25, 0.3) is 0 Å². The highest BCUT2D eigenvalue weighted by Gasteiger charge is 2.29. The van der Waals surface area contributed by atoms with Gasteiger partial charge in [0.1, 0.15) is 0 Å². The van der Waals surface area contributed by atoms with Crippen LogP contribution in [0, 0.1) is 10.7 Å². The Kier molecular flexibility index (Phi) is 1.92. The van der Waals surface area contributed by atoms with Crippen LogP contribution < -0.4 is 0 Å². The quantitative estimate of drug-likeness (QED) is 0.310. The summed E-state index contributed by atoms with van der Waals surface area (Å²) < 4.78 is 0.903. The van der Waals surface area contributed by atoms with Crippen molar-refractivity contribution in [2.24, 2.45) is 0 Å². The van der Waals surface area contributed by atoms with Gasteiger partial charge in [-0.2, -0.15) is 5.26 Å². The minimum Gasteiger partial charge on any atom is -0.273 e. The van der Waals surface area contributed by atoms with Crippen LogP contribution in [0.5, 0.6) is 0 Å². The van der Waals surface area contributed by atoms with E-state index in [0.29, 0.717) is 11.9 Å². The van der Waals surface area contributed by atoms with E-state index in [-0.39, 0.29) is 24.7 Å². The molecule has 0 N–H and O–H groups in total. The van der Waals surface area contributed by atoms with Gasteiger partial charge in [0, 0.05) is 12.8 Å². The number of hydrogen-bond acceptors (Lipinski definition) is 4. The third kappa shape index (κ3) is 1.11. The molecule has 0 aromatic carbocycles. The second-order valence-electron chi connectivity index (χ2n) is 1.76. The topological polar surface area (TPSA) is 61.2 Å². The van der Waals surface area contributed by atoms with Crippen LogP contribution in [0.3, 0.4) is 0 Å². The molecule has 1 fully saturated rings. The molecule has 0 aromatic rings. The molecule has 10 heavy (non-hydrogen) atoms. The van der Waals surface area contributed by atoms with Crippen molar-refractivity contribution in [2.45, 2.75) is 12.8 Å². The number of thiocyanates is 1. The third-order valence-electron chi connectivity index (χ3n) is 1.14. The maximum Gasteiger partial charge on any atom is 0.240 e. The van der Waals surface area contributed by atoms with Crippen molar-refractivity contribution < 1.29 is 9.59 Å². The maximum atomic E-state index is 10.7. The van der Waals surface area contributed by atoms with Gasteiger partial charge >= 0.3 is 0 Å². The molecule has 1 aliphatic rings. The highest BCUT2D eigenvalue weighted by molar-refractivity contribution is 8.02. The number of carbonyl (C=O) groups excluding carboxylic acids is 2. The Labute approximate surface area is 61.9 Å². The van der Waals surface area contributed by atoms with Gasteiger partial charge in [0.15, 0.2) is 5.40 Å². The van der Waals surface area contributed by atoms with Gasteiger partial charge < -0.3 is 0 Å². The molecule has 0 saturated carbocycles. The first-order valence-corrected chi connectivity index (χ1v) is 3.45. The summed E-state index contributed by atoms with van der Waals surface area (Å²) in [4.78, 5) is 21.4. The summed E-state index contributed by atoms with van der Waals surface area (Å²) >= 11 is 0.595. The van der Waals surface area contributed by atoms with Crippen LogP contribution in [0.15, 0.2) is 0 Å². The van der Waals surface area contributed by atoms with Crippen LogP contribution in [0.1, 0.15) is 12.8 Å². The number of nitrogens with zero attached hydrogens (tertiary/aromatic N) is 2. The SMILES string of the molecule is N#CSN1C(=O)CCC1=O. The molecule has 2 amide bonds. The van der Waals surface area contributed by atoms with E-state index in [4.69, 9.17) is 5.26 Å². The molecule has 1 heterocycles. The third-order valence-corrected chi connectivity index (χ3v) is 1.81. The number of amides is 2.